The Morgan fingerprint density at radius 2 is 2.00 bits per heavy atom. The van der Waals surface area contributed by atoms with Gasteiger partial charge >= 0.3 is 5.97 Å². The lowest BCUT2D eigenvalue weighted by Crippen LogP contribution is -2.45. The van der Waals surface area contributed by atoms with E-state index in [1.54, 1.807) is 20.8 Å². The molecule has 0 fully saturated rings. The second-order valence-electron chi connectivity index (χ2n) is 4.61. The lowest BCUT2D eigenvalue weighted by Gasteiger charge is -2.31. The Labute approximate surface area is 94.1 Å². The van der Waals surface area contributed by atoms with Crippen molar-refractivity contribution in [2.45, 2.75) is 39.2 Å². The third kappa shape index (κ3) is 3.56. The Balaban J connectivity index is 5.02. The van der Waals surface area contributed by atoms with Crippen LogP contribution < -0.4 is 0 Å². The highest BCUT2D eigenvalue weighted by Crippen LogP contribution is 2.33. The molecule has 1 atom stereocenters. The van der Waals surface area contributed by atoms with Crippen LogP contribution in [0.3, 0.4) is 0 Å². The lowest BCUT2D eigenvalue weighted by atomic mass is 9.85. The molecule has 0 radical (unpaired) electrons. The number of allylic oxidation sites excluding steroid dienone is 1. The van der Waals surface area contributed by atoms with Crippen molar-refractivity contribution in [1.29, 1.82) is 0 Å². The quantitative estimate of drug-likeness (QED) is 0.587. The highest BCUT2D eigenvalue weighted by atomic mass is 19.3. The standard InChI is InChI=1S/C11H18F2O3/c1-5-6-11(7-14,8(12)13)9(15)16-10(2,3)4/h5,8,14H,1,6-7H2,2-4H3. The Morgan fingerprint density at radius 1 is 1.50 bits per heavy atom. The molecule has 0 spiro atoms. The maximum atomic E-state index is 12.9. The number of carbonyl (C=O) groups excluding carboxylic acids is 1. The molecule has 1 N–H and O–H groups in total. The van der Waals surface area contributed by atoms with E-state index in [2.05, 4.69) is 6.58 Å². The molecule has 0 saturated heterocycles. The molecule has 0 bridgehead atoms. The van der Waals surface area contributed by atoms with Gasteiger partial charge in [0.15, 0.2) is 5.41 Å². The Bertz CT molecular complexity index is 258. The van der Waals surface area contributed by atoms with Crippen molar-refractivity contribution in [1.82, 2.24) is 0 Å². The van der Waals surface area contributed by atoms with E-state index in [-0.39, 0.29) is 6.42 Å². The summed E-state index contributed by atoms with van der Waals surface area (Å²) >= 11 is 0. The predicted molar refractivity (Wildman–Crippen MR) is 56.2 cm³/mol. The number of ether oxygens (including phenoxy) is 1. The van der Waals surface area contributed by atoms with E-state index in [9.17, 15) is 13.6 Å². The van der Waals surface area contributed by atoms with Crippen molar-refractivity contribution >= 4 is 5.97 Å². The van der Waals surface area contributed by atoms with E-state index in [4.69, 9.17) is 9.84 Å². The minimum absolute atomic E-state index is 0.323. The van der Waals surface area contributed by atoms with Gasteiger partial charge in [0.25, 0.3) is 6.43 Å². The van der Waals surface area contributed by atoms with Crippen molar-refractivity contribution in [3.05, 3.63) is 12.7 Å². The first-order valence-electron chi connectivity index (χ1n) is 4.93. The highest BCUT2D eigenvalue weighted by Gasteiger charge is 2.48. The SMILES string of the molecule is C=CCC(CO)(C(=O)OC(C)(C)C)C(F)F. The molecule has 0 saturated carbocycles. The first-order valence-corrected chi connectivity index (χ1v) is 4.93. The second-order valence-corrected chi connectivity index (χ2v) is 4.61. The highest BCUT2D eigenvalue weighted by molar-refractivity contribution is 5.78. The van der Waals surface area contributed by atoms with Crippen molar-refractivity contribution in [3.63, 3.8) is 0 Å². The summed E-state index contributed by atoms with van der Waals surface area (Å²) in [5, 5.41) is 9.02. The number of rotatable bonds is 5. The van der Waals surface area contributed by atoms with Gasteiger partial charge in [0.05, 0.1) is 6.61 Å². The average molecular weight is 236 g/mol. The van der Waals surface area contributed by atoms with Gasteiger partial charge in [-0.25, -0.2) is 8.78 Å². The molecular weight excluding hydrogens is 218 g/mol. The number of alkyl halides is 2. The Hall–Kier alpha value is -0.970. The van der Waals surface area contributed by atoms with E-state index in [0.29, 0.717) is 0 Å². The molecule has 5 heteroatoms. The van der Waals surface area contributed by atoms with Crippen LogP contribution in [0, 0.1) is 5.41 Å². The van der Waals surface area contributed by atoms with Crippen LogP contribution >= 0.6 is 0 Å². The number of hydrogen-bond acceptors (Lipinski definition) is 3. The van der Waals surface area contributed by atoms with E-state index in [0.717, 1.165) is 0 Å². The molecule has 0 aromatic heterocycles. The van der Waals surface area contributed by atoms with Gasteiger partial charge in [-0.3, -0.25) is 4.79 Å². The molecule has 0 heterocycles. The Kier molecular flexibility index (Phi) is 5.06. The Morgan fingerprint density at radius 3 is 2.25 bits per heavy atom. The maximum absolute atomic E-state index is 12.9. The van der Waals surface area contributed by atoms with Gasteiger partial charge in [-0.2, -0.15) is 0 Å². The van der Waals surface area contributed by atoms with E-state index in [1.165, 1.54) is 6.08 Å². The van der Waals surface area contributed by atoms with Crippen molar-refractivity contribution < 1.29 is 23.4 Å². The van der Waals surface area contributed by atoms with Crippen molar-refractivity contribution in [3.8, 4) is 0 Å². The minimum atomic E-state index is -3.00. The van der Waals surface area contributed by atoms with Crippen LogP contribution in [0.15, 0.2) is 12.7 Å². The number of aliphatic hydroxyl groups is 1. The lowest BCUT2D eigenvalue weighted by molar-refractivity contribution is -0.181. The first kappa shape index (κ1) is 15.0. The number of hydrogen-bond donors (Lipinski definition) is 1. The summed E-state index contributed by atoms with van der Waals surface area (Å²) in [5.41, 5.74) is -3.07. The average Bonchev–Trinajstić information content (AvgIpc) is 2.10. The first-order chi connectivity index (χ1) is 7.19. The fraction of sp³-hybridized carbons (Fsp3) is 0.727. The molecular formula is C11H18F2O3. The molecule has 1 unspecified atom stereocenters. The van der Waals surface area contributed by atoms with Crippen LogP contribution in [0.1, 0.15) is 27.2 Å². The van der Waals surface area contributed by atoms with Gasteiger partial charge in [0, 0.05) is 0 Å². The van der Waals surface area contributed by atoms with Gasteiger partial charge < -0.3 is 9.84 Å². The molecule has 0 rings (SSSR count). The summed E-state index contributed by atoms with van der Waals surface area (Å²) in [6.07, 6.45) is -2.15. The van der Waals surface area contributed by atoms with Crippen LogP contribution in [0.2, 0.25) is 0 Å². The second kappa shape index (κ2) is 5.39. The fourth-order valence-corrected chi connectivity index (χ4v) is 1.10. The van der Waals surface area contributed by atoms with Gasteiger partial charge in [0.1, 0.15) is 5.60 Å². The summed E-state index contributed by atoms with van der Waals surface area (Å²) < 4.78 is 30.6. The number of carbonyl (C=O) groups is 1. The van der Waals surface area contributed by atoms with E-state index in [1.807, 2.05) is 0 Å². The largest absolute Gasteiger partial charge is 0.459 e. The summed E-state index contributed by atoms with van der Waals surface area (Å²) in [6, 6.07) is 0. The molecule has 0 aromatic rings. The van der Waals surface area contributed by atoms with Gasteiger partial charge in [0.2, 0.25) is 0 Å². The summed E-state index contributed by atoms with van der Waals surface area (Å²) in [6.45, 7) is 7.06. The van der Waals surface area contributed by atoms with Crippen LogP contribution in [-0.4, -0.2) is 29.7 Å². The molecule has 0 aliphatic heterocycles. The summed E-state index contributed by atoms with van der Waals surface area (Å²) in [5.74, 6) is -1.10. The summed E-state index contributed by atoms with van der Waals surface area (Å²) in [4.78, 5) is 11.6. The third-order valence-electron chi connectivity index (χ3n) is 2.01. The zero-order valence-electron chi connectivity index (χ0n) is 9.80. The van der Waals surface area contributed by atoms with Crippen LogP contribution in [0.4, 0.5) is 8.78 Å². The number of esters is 1. The predicted octanol–water partition coefficient (Wildman–Crippen LogP) is 2.15. The van der Waals surface area contributed by atoms with E-state index < -0.39 is 30.0 Å². The van der Waals surface area contributed by atoms with Gasteiger partial charge in [-0.05, 0) is 27.2 Å². The smallest absolute Gasteiger partial charge is 0.321 e. The van der Waals surface area contributed by atoms with Crippen molar-refractivity contribution in [2.75, 3.05) is 6.61 Å². The summed E-state index contributed by atoms with van der Waals surface area (Å²) in [7, 11) is 0. The van der Waals surface area contributed by atoms with Crippen molar-refractivity contribution in [2.24, 2.45) is 5.41 Å². The van der Waals surface area contributed by atoms with Gasteiger partial charge in [-0.15, -0.1) is 6.58 Å². The maximum Gasteiger partial charge on any atom is 0.321 e. The minimum Gasteiger partial charge on any atom is -0.459 e. The molecule has 0 aromatic carbocycles. The molecule has 16 heavy (non-hydrogen) atoms. The fourth-order valence-electron chi connectivity index (χ4n) is 1.10. The monoisotopic (exact) mass is 236 g/mol. The van der Waals surface area contributed by atoms with Crippen LogP contribution in [0.25, 0.3) is 0 Å². The molecule has 0 aliphatic carbocycles. The third-order valence-corrected chi connectivity index (χ3v) is 2.01. The molecule has 0 amide bonds. The van der Waals surface area contributed by atoms with Crippen LogP contribution in [0.5, 0.6) is 0 Å². The number of aliphatic hydroxyl groups excluding tert-OH is 1. The number of halogens is 2. The molecule has 3 nitrogen and oxygen atoms in total. The zero-order chi connectivity index (χ0) is 13.0. The van der Waals surface area contributed by atoms with Crippen LogP contribution in [-0.2, 0) is 9.53 Å². The van der Waals surface area contributed by atoms with Gasteiger partial charge in [-0.1, -0.05) is 6.08 Å². The zero-order valence-corrected chi connectivity index (χ0v) is 9.80. The van der Waals surface area contributed by atoms with E-state index >= 15 is 0 Å². The molecule has 0 aliphatic rings. The normalized spacial score (nSPS) is 15.7. The topological polar surface area (TPSA) is 46.5 Å². The molecule has 94 valence electrons.